The van der Waals surface area contributed by atoms with Gasteiger partial charge in [-0.3, -0.25) is 9.37 Å². The van der Waals surface area contributed by atoms with Gasteiger partial charge in [-0.25, -0.2) is 0 Å². The second-order valence-electron chi connectivity index (χ2n) is 2.60. The van der Waals surface area contributed by atoms with Crippen LogP contribution >= 0.6 is 0 Å². The molecule has 0 spiro atoms. The lowest BCUT2D eigenvalue weighted by molar-refractivity contribution is 0.473. The molecule has 1 aromatic heterocycles. The molecule has 0 aromatic carbocycles. The molecule has 1 nitrogen and oxygen atoms in total. The summed E-state index contributed by atoms with van der Waals surface area (Å²) in [5.41, 5.74) is 2.13. The number of aromatic nitrogens is 1. The van der Waals surface area contributed by atoms with Crippen LogP contribution in [0, 0.1) is 6.92 Å². The van der Waals surface area contributed by atoms with Crippen molar-refractivity contribution in [2.75, 3.05) is 6.67 Å². The first kappa shape index (κ1) is 8.18. The number of hydrogen-bond acceptors (Lipinski definition) is 1. The molecule has 0 aliphatic carbocycles. The van der Waals surface area contributed by atoms with Crippen molar-refractivity contribution >= 4 is 0 Å². The van der Waals surface area contributed by atoms with E-state index in [0.717, 1.165) is 17.7 Å². The summed E-state index contributed by atoms with van der Waals surface area (Å²) in [5.74, 6) is 0. The summed E-state index contributed by atoms with van der Waals surface area (Å²) in [7, 11) is 0. The molecular weight excluding hydrogens is 141 g/mol. The fourth-order valence-corrected chi connectivity index (χ4v) is 0.917. The van der Waals surface area contributed by atoms with E-state index in [4.69, 9.17) is 0 Å². The first-order valence-corrected chi connectivity index (χ1v) is 3.80. The molecule has 11 heavy (non-hydrogen) atoms. The van der Waals surface area contributed by atoms with Gasteiger partial charge in [0.15, 0.2) is 0 Å². The van der Waals surface area contributed by atoms with E-state index < -0.39 is 0 Å². The van der Waals surface area contributed by atoms with Crippen LogP contribution in [0.25, 0.3) is 0 Å². The highest BCUT2D eigenvalue weighted by Crippen LogP contribution is 2.02. The SMILES string of the molecule is Cc1ccc(CCCF)cn1. The van der Waals surface area contributed by atoms with Gasteiger partial charge in [-0.1, -0.05) is 6.07 Å². The number of halogens is 1. The van der Waals surface area contributed by atoms with E-state index in [1.165, 1.54) is 0 Å². The van der Waals surface area contributed by atoms with E-state index in [0.29, 0.717) is 6.42 Å². The van der Waals surface area contributed by atoms with Gasteiger partial charge in [0.05, 0.1) is 6.67 Å². The molecular formula is C9H12FN. The van der Waals surface area contributed by atoms with Crippen molar-refractivity contribution < 1.29 is 4.39 Å². The van der Waals surface area contributed by atoms with E-state index in [9.17, 15) is 4.39 Å². The third kappa shape index (κ3) is 2.66. The van der Waals surface area contributed by atoms with Gasteiger partial charge < -0.3 is 0 Å². The van der Waals surface area contributed by atoms with Gasteiger partial charge in [-0.15, -0.1) is 0 Å². The van der Waals surface area contributed by atoms with Crippen LogP contribution in [0.1, 0.15) is 17.7 Å². The summed E-state index contributed by atoms with van der Waals surface area (Å²) >= 11 is 0. The van der Waals surface area contributed by atoms with E-state index in [-0.39, 0.29) is 6.67 Å². The van der Waals surface area contributed by atoms with Crippen LogP contribution in [0.3, 0.4) is 0 Å². The highest BCUT2D eigenvalue weighted by molar-refractivity contribution is 5.12. The van der Waals surface area contributed by atoms with Gasteiger partial charge in [0.25, 0.3) is 0 Å². The van der Waals surface area contributed by atoms with Gasteiger partial charge in [0.2, 0.25) is 0 Å². The summed E-state index contributed by atoms with van der Waals surface area (Å²) in [6, 6.07) is 3.95. The number of rotatable bonds is 3. The van der Waals surface area contributed by atoms with Crippen molar-refractivity contribution in [3.63, 3.8) is 0 Å². The number of pyridine rings is 1. The predicted octanol–water partition coefficient (Wildman–Crippen LogP) is 2.29. The molecule has 1 heterocycles. The minimum atomic E-state index is -0.242. The van der Waals surface area contributed by atoms with Gasteiger partial charge in [-0.05, 0) is 31.4 Å². The standard InChI is InChI=1S/C9H12FN/c1-8-4-5-9(7-11-8)3-2-6-10/h4-5,7H,2-3,6H2,1H3. The number of aryl methyl sites for hydroxylation is 2. The molecule has 0 aliphatic rings. The molecule has 60 valence electrons. The van der Waals surface area contributed by atoms with Crippen molar-refractivity contribution in [2.45, 2.75) is 19.8 Å². The summed E-state index contributed by atoms with van der Waals surface area (Å²) < 4.78 is 11.7. The normalized spacial score (nSPS) is 10.0. The highest BCUT2D eigenvalue weighted by atomic mass is 19.1. The monoisotopic (exact) mass is 153 g/mol. The van der Waals surface area contributed by atoms with E-state index in [1.807, 2.05) is 25.3 Å². The minimum absolute atomic E-state index is 0.242. The van der Waals surface area contributed by atoms with E-state index in [1.54, 1.807) is 0 Å². The Hall–Kier alpha value is -0.920. The van der Waals surface area contributed by atoms with Gasteiger partial charge in [0, 0.05) is 11.9 Å². The van der Waals surface area contributed by atoms with Crippen LogP contribution in [0.2, 0.25) is 0 Å². The van der Waals surface area contributed by atoms with Crippen LogP contribution in [0.15, 0.2) is 18.3 Å². The summed E-state index contributed by atoms with van der Waals surface area (Å²) in [4.78, 5) is 4.11. The molecule has 0 N–H and O–H groups in total. The predicted molar refractivity (Wildman–Crippen MR) is 43.3 cm³/mol. The van der Waals surface area contributed by atoms with Crippen molar-refractivity contribution in [3.05, 3.63) is 29.6 Å². The Morgan fingerprint density at radius 3 is 2.82 bits per heavy atom. The van der Waals surface area contributed by atoms with E-state index >= 15 is 0 Å². The van der Waals surface area contributed by atoms with Gasteiger partial charge in [-0.2, -0.15) is 0 Å². The molecule has 0 aliphatic heterocycles. The van der Waals surface area contributed by atoms with Crippen LogP contribution in [0.5, 0.6) is 0 Å². The van der Waals surface area contributed by atoms with Crippen molar-refractivity contribution in [1.29, 1.82) is 0 Å². The Morgan fingerprint density at radius 1 is 1.45 bits per heavy atom. The summed E-state index contributed by atoms with van der Waals surface area (Å²) in [6.07, 6.45) is 3.21. The second kappa shape index (κ2) is 4.06. The van der Waals surface area contributed by atoms with Crippen molar-refractivity contribution in [2.24, 2.45) is 0 Å². The van der Waals surface area contributed by atoms with Gasteiger partial charge >= 0.3 is 0 Å². The summed E-state index contributed by atoms with van der Waals surface area (Å²) in [6.45, 7) is 1.70. The zero-order valence-corrected chi connectivity index (χ0v) is 6.68. The molecule has 0 fully saturated rings. The first-order chi connectivity index (χ1) is 5.33. The number of hydrogen-bond donors (Lipinski definition) is 0. The van der Waals surface area contributed by atoms with Crippen LogP contribution in [-0.4, -0.2) is 11.7 Å². The Morgan fingerprint density at radius 2 is 2.27 bits per heavy atom. The molecule has 0 bridgehead atoms. The lowest BCUT2D eigenvalue weighted by Gasteiger charge is -1.97. The van der Waals surface area contributed by atoms with Gasteiger partial charge in [0.1, 0.15) is 0 Å². The first-order valence-electron chi connectivity index (χ1n) is 3.80. The molecule has 0 unspecified atom stereocenters. The smallest absolute Gasteiger partial charge is 0.0897 e. The molecule has 0 radical (unpaired) electrons. The van der Waals surface area contributed by atoms with Crippen LogP contribution in [-0.2, 0) is 6.42 Å². The maximum absolute atomic E-state index is 11.7. The number of alkyl halides is 1. The average molecular weight is 153 g/mol. The van der Waals surface area contributed by atoms with Crippen molar-refractivity contribution in [3.8, 4) is 0 Å². The minimum Gasteiger partial charge on any atom is -0.261 e. The summed E-state index contributed by atoms with van der Waals surface area (Å²) in [5, 5.41) is 0. The largest absolute Gasteiger partial charge is 0.261 e. The van der Waals surface area contributed by atoms with Crippen LogP contribution in [0.4, 0.5) is 4.39 Å². The Kier molecular flexibility index (Phi) is 3.02. The average Bonchev–Trinajstić information content (AvgIpc) is 2.04. The fraction of sp³-hybridized carbons (Fsp3) is 0.444. The molecule has 2 heteroatoms. The molecule has 1 aromatic rings. The maximum atomic E-state index is 11.7. The molecule has 0 saturated heterocycles. The van der Waals surface area contributed by atoms with E-state index in [2.05, 4.69) is 4.98 Å². The fourth-order valence-electron chi connectivity index (χ4n) is 0.917. The lowest BCUT2D eigenvalue weighted by Crippen LogP contribution is -1.88. The zero-order chi connectivity index (χ0) is 8.10. The molecule has 0 amide bonds. The zero-order valence-electron chi connectivity index (χ0n) is 6.68. The molecule has 1 rings (SSSR count). The third-order valence-electron chi connectivity index (χ3n) is 1.57. The second-order valence-corrected chi connectivity index (χ2v) is 2.60. The van der Waals surface area contributed by atoms with Crippen LogP contribution < -0.4 is 0 Å². The Balaban J connectivity index is 2.52. The number of nitrogens with zero attached hydrogens (tertiary/aromatic N) is 1. The third-order valence-corrected chi connectivity index (χ3v) is 1.57. The van der Waals surface area contributed by atoms with Crippen molar-refractivity contribution in [1.82, 2.24) is 4.98 Å². The lowest BCUT2D eigenvalue weighted by atomic mass is 10.1. The molecule has 0 saturated carbocycles. The Bertz CT molecular complexity index is 205. The maximum Gasteiger partial charge on any atom is 0.0897 e. The Labute approximate surface area is 66.3 Å². The topological polar surface area (TPSA) is 12.9 Å². The molecule has 0 atom stereocenters. The highest BCUT2D eigenvalue weighted by Gasteiger charge is 1.92. The quantitative estimate of drug-likeness (QED) is 0.649.